The van der Waals surface area contributed by atoms with Crippen LogP contribution < -0.4 is 5.32 Å². The lowest BCUT2D eigenvalue weighted by Crippen LogP contribution is -2.45. The minimum absolute atomic E-state index is 0.0647. The predicted molar refractivity (Wildman–Crippen MR) is 68.9 cm³/mol. The van der Waals surface area contributed by atoms with Crippen LogP contribution in [0.4, 0.5) is 4.79 Å². The maximum atomic E-state index is 11.6. The number of ether oxygens (including phenoxy) is 1. The first-order valence-electron chi connectivity index (χ1n) is 6.31. The molecule has 0 fully saturated rings. The Kier molecular flexibility index (Phi) is 6.53. The molecule has 17 heavy (non-hydrogen) atoms. The molecular formula is C13H27NO3. The zero-order valence-corrected chi connectivity index (χ0v) is 11.9. The standard InChI is InChI=1S/C13H27NO3/c1-7-9(2)10(3)11(8-15)14-12(16)17-13(4,5)6/h9-11,15H,7-8H2,1-6H3,(H,14,16). The zero-order valence-electron chi connectivity index (χ0n) is 11.9. The smallest absolute Gasteiger partial charge is 0.407 e. The molecule has 0 spiro atoms. The van der Waals surface area contributed by atoms with Gasteiger partial charge in [-0.25, -0.2) is 4.79 Å². The summed E-state index contributed by atoms with van der Waals surface area (Å²) in [6.07, 6.45) is 0.555. The highest BCUT2D eigenvalue weighted by molar-refractivity contribution is 5.68. The van der Waals surface area contributed by atoms with E-state index >= 15 is 0 Å². The lowest BCUT2D eigenvalue weighted by atomic mass is 9.87. The zero-order chi connectivity index (χ0) is 13.6. The molecule has 0 aromatic heterocycles. The van der Waals surface area contributed by atoms with Gasteiger partial charge in [-0.1, -0.05) is 27.2 Å². The van der Waals surface area contributed by atoms with Crippen LogP contribution in [0.15, 0.2) is 0 Å². The van der Waals surface area contributed by atoms with Crippen LogP contribution in [0.3, 0.4) is 0 Å². The van der Waals surface area contributed by atoms with Gasteiger partial charge in [-0.3, -0.25) is 0 Å². The summed E-state index contributed by atoms with van der Waals surface area (Å²) in [6, 6.07) is -0.250. The Morgan fingerprint density at radius 3 is 2.24 bits per heavy atom. The summed E-state index contributed by atoms with van der Waals surface area (Å²) in [4.78, 5) is 11.6. The molecule has 0 aromatic carbocycles. The van der Waals surface area contributed by atoms with E-state index in [1.807, 2.05) is 27.7 Å². The SMILES string of the molecule is CCC(C)C(C)C(CO)NC(=O)OC(C)(C)C. The Bertz CT molecular complexity index is 235. The molecule has 0 saturated carbocycles. The van der Waals surface area contributed by atoms with E-state index in [4.69, 9.17) is 4.74 Å². The summed E-state index contributed by atoms with van der Waals surface area (Å²) in [7, 11) is 0. The highest BCUT2D eigenvalue weighted by Gasteiger charge is 2.25. The summed E-state index contributed by atoms with van der Waals surface area (Å²) < 4.78 is 5.17. The summed E-state index contributed by atoms with van der Waals surface area (Å²) in [5.74, 6) is 0.666. The number of aliphatic hydroxyl groups is 1. The van der Waals surface area contributed by atoms with Gasteiger partial charge >= 0.3 is 6.09 Å². The maximum Gasteiger partial charge on any atom is 0.407 e. The fourth-order valence-corrected chi connectivity index (χ4v) is 1.57. The molecule has 3 atom stereocenters. The Morgan fingerprint density at radius 2 is 1.88 bits per heavy atom. The van der Waals surface area contributed by atoms with E-state index in [0.29, 0.717) is 5.92 Å². The average Bonchev–Trinajstić information content (AvgIpc) is 2.21. The molecule has 102 valence electrons. The molecule has 4 nitrogen and oxygen atoms in total. The first kappa shape index (κ1) is 16.2. The number of carbonyl (C=O) groups is 1. The van der Waals surface area contributed by atoms with Gasteiger partial charge in [0.05, 0.1) is 12.6 Å². The second-order valence-corrected chi connectivity index (χ2v) is 5.68. The number of hydrogen-bond donors (Lipinski definition) is 2. The molecule has 2 N–H and O–H groups in total. The number of nitrogens with one attached hydrogen (secondary N) is 1. The number of amides is 1. The van der Waals surface area contributed by atoms with Crippen molar-refractivity contribution in [3.63, 3.8) is 0 Å². The number of carbonyl (C=O) groups excluding carboxylic acids is 1. The van der Waals surface area contributed by atoms with Gasteiger partial charge in [-0.15, -0.1) is 0 Å². The Labute approximate surface area is 105 Å². The number of alkyl carbamates (subject to hydrolysis) is 1. The van der Waals surface area contributed by atoms with Crippen molar-refractivity contribution in [3.8, 4) is 0 Å². The topological polar surface area (TPSA) is 58.6 Å². The van der Waals surface area contributed by atoms with Crippen molar-refractivity contribution >= 4 is 6.09 Å². The Balaban J connectivity index is 4.35. The minimum Gasteiger partial charge on any atom is -0.444 e. The third-order valence-corrected chi connectivity index (χ3v) is 3.08. The fraction of sp³-hybridized carbons (Fsp3) is 0.923. The fourth-order valence-electron chi connectivity index (χ4n) is 1.57. The van der Waals surface area contributed by atoms with E-state index in [1.54, 1.807) is 0 Å². The van der Waals surface area contributed by atoms with Crippen molar-refractivity contribution in [2.24, 2.45) is 11.8 Å². The molecule has 0 bridgehead atoms. The van der Waals surface area contributed by atoms with E-state index in [-0.39, 0.29) is 18.6 Å². The molecule has 4 heteroatoms. The monoisotopic (exact) mass is 245 g/mol. The third-order valence-electron chi connectivity index (χ3n) is 3.08. The second kappa shape index (κ2) is 6.84. The van der Waals surface area contributed by atoms with Crippen LogP contribution in [0.2, 0.25) is 0 Å². The molecular weight excluding hydrogens is 218 g/mol. The number of rotatable bonds is 5. The largest absolute Gasteiger partial charge is 0.444 e. The summed E-state index contributed by atoms with van der Waals surface area (Å²) in [5, 5.41) is 12.0. The quantitative estimate of drug-likeness (QED) is 0.782. The van der Waals surface area contributed by atoms with Crippen LogP contribution >= 0.6 is 0 Å². The summed E-state index contributed by atoms with van der Waals surface area (Å²) >= 11 is 0. The van der Waals surface area contributed by atoms with Crippen molar-refractivity contribution in [1.29, 1.82) is 0 Å². The summed E-state index contributed by atoms with van der Waals surface area (Å²) in [5.41, 5.74) is -0.510. The van der Waals surface area contributed by atoms with E-state index in [9.17, 15) is 9.90 Å². The molecule has 0 heterocycles. The molecule has 1 amide bonds. The van der Waals surface area contributed by atoms with Gasteiger partial charge in [0.25, 0.3) is 0 Å². The van der Waals surface area contributed by atoms with Crippen molar-refractivity contribution in [1.82, 2.24) is 5.32 Å². The third kappa shape index (κ3) is 6.51. The lowest BCUT2D eigenvalue weighted by molar-refractivity contribution is 0.0441. The molecule has 0 rings (SSSR count). The molecule has 0 aliphatic rings. The second-order valence-electron chi connectivity index (χ2n) is 5.68. The summed E-state index contributed by atoms with van der Waals surface area (Å²) in [6.45, 7) is 11.6. The van der Waals surface area contributed by atoms with Gasteiger partial charge in [-0.05, 0) is 32.6 Å². The average molecular weight is 245 g/mol. The number of hydrogen-bond acceptors (Lipinski definition) is 3. The van der Waals surface area contributed by atoms with Crippen LogP contribution in [0.25, 0.3) is 0 Å². The van der Waals surface area contributed by atoms with Crippen molar-refractivity contribution < 1.29 is 14.6 Å². The predicted octanol–water partition coefficient (Wildman–Crippen LogP) is 2.55. The Morgan fingerprint density at radius 1 is 1.35 bits per heavy atom. The van der Waals surface area contributed by atoms with Crippen LogP contribution in [-0.4, -0.2) is 29.4 Å². The van der Waals surface area contributed by atoms with Crippen molar-refractivity contribution in [3.05, 3.63) is 0 Å². The molecule has 0 radical (unpaired) electrons. The molecule has 3 unspecified atom stereocenters. The van der Waals surface area contributed by atoms with E-state index in [0.717, 1.165) is 6.42 Å². The number of aliphatic hydroxyl groups excluding tert-OH is 1. The van der Waals surface area contributed by atoms with Gasteiger partial charge in [0.1, 0.15) is 5.60 Å². The maximum absolute atomic E-state index is 11.6. The molecule has 0 aliphatic heterocycles. The minimum atomic E-state index is -0.510. The van der Waals surface area contributed by atoms with Gasteiger partial charge < -0.3 is 15.2 Å². The Hall–Kier alpha value is -0.770. The van der Waals surface area contributed by atoms with E-state index in [1.165, 1.54) is 0 Å². The van der Waals surface area contributed by atoms with Crippen LogP contribution in [0, 0.1) is 11.8 Å². The van der Waals surface area contributed by atoms with Crippen LogP contribution in [-0.2, 0) is 4.74 Å². The lowest BCUT2D eigenvalue weighted by Gasteiger charge is -2.29. The van der Waals surface area contributed by atoms with Gasteiger partial charge in [-0.2, -0.15) is 0 Å². The van der Waals surface area contributed by atoms with Crippen molar-refractivity contribution in [2.75, 3.05) is 6.61 Å². The van der Waals surface area contributed by atoms with Gasteiger partial charge in [0, 0.05) is 0 Å². The molecule has 0 saturated heterocycles. The van der Waals surface area contributed by atoms with Gasteiger partial charge in [0.15, 0.2) is 0 Å². The first-order chi connectivity index (χ1) is 7.71. The highest BCUT2D eigenvalue weighted by atomic mass is 16.6. The van der Waals surface area contributed by atoms with Crippen molar-refractivity contribution in [2.45, 2.75) is 59.6 Å². The molecule has 0 aromatic rings. The normalized spacial score (nSPS) is 17.1. The molecule has 0 aliphatic carbocycles. The first-order valence-corrected chi connectivity index (χ1v) is 6.31. The van der Waals surface area contributed by atoms with E-state index < -0.39 is 11.7 Å². The van der Waals surface area contributed by atoms with E-state index in [2.05, 4.69) is 19.2 Å². The van der Waals surface area contributed by atoms with Crippen LogP contribution in [0.1, 0.15) is 48.0 Å². The highest BCUT2D eigenvalue weighted by Crippen LogP contribution is 2.18. The van der Waals surface area contributed by atoms with Gasteiger partial charge in [0.2, 0.25) is 0 Å². The van der Waals surface area contributed by atoms with Crippen LogP contribution in [0.5, 0.6) is 0 Å².